The van der Waals surface area contributed by atoms with Gasteiger partial charge in [0.2, 0.25) is 0 Å². The van der Waals surface area contributed by atoms with Crippen molar-refractivity contribution in [2.45, 2.75) is 98.3 Å². The maximum absolute atomic E-state index is 12.2. The summed E-state index contributed by atoms with van der Waals surface area (Å²) in [7, 11) is 0. The van der Waals surface area contributed by atoms with Crippen molar-refractivity contribution in [3.63, 3.8) is 0 Å². The normalized spacial score (nSPS) is 12.6. The van der Waals surface area contributed by atoms with Gasteiger partial charge in [0.25, 0.3) is 0 Å². The molecule has 0 amide bonds. The second-order valence-corrected chi connectivity index (χ2v) is 9.04. The fourth-order valence-corrected chi connectivity index (χ4v) is 4.64. The topological polar surface area (TPSA) is 68.8 Å². The summed E-state index contributed by atoms with van der Waals surface area (Å²) in [6, 6.07) is 0. The molecule has 0 spiro atoms. The SMILES string of the molecule is C/C=C\C(CC/C=C/F)SNCCCCn1c(CCCC)nc2c(N)nc(C)c(C)c21.CC. The predicted molar refractivity (Wildman–Crippen MR) is 144 cm³/mol. The van der Waals surface area contributed by atoms with E-state index in [0.717, 1.165) is 80.6 Å². The monoisotopic (exact) mass is 477 g/mol. The zero-order chi connectivity index (χ0) is 24.6. The van der Waals surface area contributed by atoms with E-state index < -0.39 is 0 Å². The van der Waals surface area contributed by atoms with E-state index in [-0.39, 0.29) is 0 Å². The Hall–Kier alpha value is -1.86. The van der Waals surface area contributed by atoms with Crippen LogP contribution in [-0.4, -0.2) is 26.3 Å². The third-order valence-corrected chi connectivity index (χ3v) is 6.55. The van der Waals surface area contributed by atoms with Crippen LogP contribution in [0.25, 0.3) is 11.0 Å². The van der Waals surface area contributed by atoms with E-state index in [4.69, 9.17) is 10.7 Å². The van der Waals surface area contributed by atoms with Crippen LogP contribution in [0.1, 0.15) is 83.3 Å². The van der Waals surface area contributed by atoms with Crippen LogP contribution >= 0.6 is 11.9 Å². The Labute approximate surface area is 204 Å². The summed E-state index contributed by atoms with van der Waals surface area (Å²) >= 11 is 1.73. The molecule has 1 atom stereocenters. The summed E-state index contributed by atoms with van der Waals surface area (Å²) in [6.45, 7) is 14.2. The van der Waals surface area contributed by atoms with Crippen molar-refractivity contribution in [1.82, 2.24) is 19.3 Å². The minimum Gasteiger partial charge on any atom is -0.382 e. The molecule has 2 rings (SSSR count). The molecule has 1 unspecified atom stereocenters. The van der Waals surface area contributed by atoms with Crippen molar-refractivity contribution in [3.8, 4) is 0 Å². The zero-order valence-electron chi connectivity index (χ0n) is 21.5. The van der Waals surface area contributed by atoms with Crippen LogP contribution in [0.5, 0.6) is 0 Å². The molecule has 3 N–H and O–H groups in total. The Morgan fingerprint density at radius 1 is 1.18 bits per heavy atom. The number of nitrogens with zero attached hydrogens (tertiary/aromatic N) is 3. The lowest BCUT2D eigenvalue weighted by molar-refractivity contribution is 0.586. The second-order valence-electron chi connectivity index (χ2n) is 7.91. The smallest absolute Gasteiger partial charge is 0.151 e. The highest BCUT2D eigenvalue weighted by molar-refractivity contribution is 7.98. The van der Waals surface area contributed by atoms with Gasteiger partial charge in [-0.1, -0.05) is 57.4 Å². The molecule has 0 saturated heterocycles. The van der Waals surface area contributed by atoms with Gasteiger partial charge in [-0.05, 0) is 58.4 Å². The molecule has 2 aromatic rings. The van der Waals surface area contributed by atoms with Crippen LogP contribution in [0, 0.1) is 13.8 Å². The Morgan fingerprint density at radius 2 is 1.94 bits per heavy atom. The quantitative estimate of drug-likeness (QED) is 0.171. The minimum atomic E-state index is 0.362. The minimum absolute atomic E-state index is 0.362. The van der Waals surface area contributed by atoms with Gasteiger partial charge in [0.05, 0.1) is 11.8 Å². The summed E-state index contributed by atoms with van der Waals surface area (Å²) in [5.74, 6) is 1.65. The number of nitrogens with one attached hydrogen (secondary N) is 1. The van der Waals surface area contributed by atoms with Gasteiger partial charge in [-0.2, -0.15) is 0 Å². The van der Waals surface area contributed by atoms with E-state index in [1.807, 2.05) is 27.7 Å². The van der Waals surface area contributed by atoms with Crippen LogP contribution < -0.4 is 10.5 Å². The Morgan fingerprint density at radius 3 is 2.61 bits per heavy atom. The molecule has 5 nitrogen and oxygen atoms in total. The summed E-state index contributed by atoms with van der Waals surface area (Å²) in [5.41, 5.74) is 10.3. The number of imidazole rings is 1. The van der Waals surface area contributed by atoms with E-state index >= 15 is 0 Å². The number of nitrogens with two attached hydrogens (primary N) is 1. The van der Waals surface area contributed by atoms with E-state index in [1.54, 1.807) is 18.0 Å². The first-order valence-corrected chi connectivity index (χ1v) is 13.3. The average molecular weight is 478 g/mol. The maximum atomic E-state index is 12.2. The summed E-state index contributed by atoms with van der Waals surface area (Å²) in [5, 5.41) is 0.362. The van der Waals surface area contributed by atoms with E-state index in [0.29, 0.717) is 17.4 Å². The zero-order valence-corrected chi connectivity index (χ0v) is 22.3. The van der Waals surface area contributed by atoms with Gasteiger partial charge in [-0.15, -0.1) is 0 Å². The first kappa shape index (κ1) is 29.2. The van der Waals surface area contributed by atoms with Gasteiger partial charge in [0.15, 0.2) is 5.82 Å². The number of allylic oxidation sites excluding steroid dienone is 2. The van der Waals surface area contributed by atoms with Crippen LogP contribution in [0.2, 0.25) is 0 Å². The average Bonchev–Trinajstić information content (AvgIpc) is 3.18. The molecule has 0 radical (unpaired) electrons. The molecule has 33 heavy (non-hydrogen) atoms. The first-order valence-electron chi connectivity index (χ1n) is 12.4. The third-order valence-electron chi connectivity index (χ3n) is 5.49. The van der Waals surface area contributed by atoms with Crippen LogP contribution in [0.15, 0.2) is 24.6 Å². The molecule has 0 aromatic carbocycles. The van der Waals surface area contributed by atoms with Crippen molar-refractivity contribution in [3.05, 3.63) is 41.6 Å². The highest BCUT2D eigenvalue weighted by Crippen LogP contribution is 2.27. The molecule has 0 aliphatic rings. The van der Waals surface area contributed by atoms with E-state index in [1.165, 1.54) is 5.56 Å². The van der Waals surface area contributed by atoms with E-state index in [2.05, 4.69) is 40.3 Å². The van der Waals surface area contributed by atoms with Crippen molar-refractivity contribution < 1.29 is 4.39 Å². The van der Waals surface area contributed by atoms with Crippen LogP contribution in [0.4, 0.5) is 10.2 Å². The number of anilines is 1. The van der Waals surface area contributed by atoms with Gasteiger partial charge in [-0.3, -0.25) is 4.72 Å². The number of halogens is 1. The van der Waals surface area contributed by atoms with Crippen molar-refractivity contribution in [2.24, 2.45) is 0 Å². The maximum Gasteiger partial charge on any atom is 0.151 e. The number of aryl methyl sites for hydroxylation is 4. The van der Waals surface area contributed by atoms with Crippen molar-refractivity contribution in [2.75, 3.05) is 12.3 Å². The molecule has 0 saturated carbocycles. The molecular weight excluding hydrogens is 433 g/mol. The number of unbranched alkanes of at least 4 members (excludes halogenated alkanes) is 2. The van der Waals surface area contributed by atoms with Crippen molar-refractivity contribution in [1.29, 1.82) is 0 Å². The molecule has 0 aliphatic heterocycles. The van der Waals surface area contributed by atoms with E-state index in [9.17, 15) is 4.39 Å². The number of hydrogen-bond donors (Lipinski definition) is 2. The number of aromatic nitrogens is 3. The highest BCUT2D eigenvalue weighted by atomic mass is 32.2. The molecule has 7 heteroatoms. The molecule has 0 bridgehead atoms. The van der Waals surface area contributed by atoms with Crippen LogP contribution in [0.3, 0.4) is 0 Å². The third kappa shape index (κ3) is 9.13. The fraction of sp³-hybridized carbons (Fsp3) is 0.615. The summed E-state index contributed by atoms with van der Waals surface area (Å²) in [6.07, 6.45) is 13.5. The number of fused-ring (bicyclic) bond motifs is 1. The predicted octanol–water partition coefficient (Wildman–Crippen LogP) is 7.23. The Bertz CT molecular complexity index is 875. The number of pyridine rings is 1. The summed E-state index contributed by atoms with van der Waals surface area (Å²) in [4.78, 5) is 9.34. The van der Waals surface area contributed by atoms with Gasteiger partial charge in [0, 0.05) is 30.5 Å². The van der Waals surface area contributed by atoms with Gasteiger partial charge < -0.3 is 10.3 Å². The summed E-state index contributed by atoms with van der Waals surface area (Å²) < 4.78 is 18.0. The number of nitrogen functional groups attached to an aromatic ring is 1. The van der Waals surface area contributed by atoms with Gasteiger partial charge in [0.1, 0.15) is 11.3 Å². The van der Waals surface area contributed by atoms with Crippen molar-refractivity contribution >= 4 is 28.8 Å². The van der Waals surface area contributed by atoms with Gasteiger partial charge >= 0.3 is 0 Å². The highest BCUT2D eigenvalue weighted by Gasteiger charge is 2.17. The second kappa shape index (κ2) is 16.7. The first-order chi connectivity index (χ1) is 16.0. The molecule has 186 valence electrons. The molecular formula is C26H44FN5S. The largest absolute Gasteiger partial charge is 0.382 e. The number of rotatable bonds is 14. The van der Waals surface area contributed by atoms with Gasteiger partial charge in [-0.25, -0.2) is 14.4 Å². The molecule has 2 aromatic heterocycles. The van der Waals surface area contributed by atoms with Crippen LogP contribution in [-0.2, 0) is 13.0 Å². The lowest BCUT2D eigenvalue weighted by Gasteiger charge is -2.13. The number of hydrogen-bond acceptors (Lipinski definition) is 5. The fourth-order valence-electron chi connectivity index (χ4n) is 3.68. The Kier molecular flexibility index (Phi) is 14.8. The molecule has 0 aliphatic carbocycles. The lowest BCUT2D eigenvalue weighted by atomic mass is 10.2. The Balaban J connectivity index is 0.00000265. The standard InChI is InChI=1S/C24H38FN5S.C2H6/c1-5-7-14-21-29-22-23(18(3)19(4)28-24(22)26)30(21)17-11-10-16-27-31-20(12-6-2)13-8-9-15-25;1-2/h6,9,12,15,20,27H,5,7-8,10-11,13-14,16-17H2,1-4H3,(H2,26,28);1-2H3/b12-6-,15-9+;. The molecule has 2 heterocycles. The lowest BCUT2D eigenvalue weighted by Crippen LogP contribution is -2.13. The molecule has 0 fully saturated rings.